The molecule has 0 radical (unpaired) electrons. The molecule has 0 fully saturated rings. The van der Waals surface area contributed by atoms with Crippen molar-refractivity contribution in [2.45, 2.75) is 12.5 Å². The van der Waals surface area contributed by atoms with Crippen LogP contribution in [0.25, 0.3) is 0 Å². The Hall–Kier alpha value is -1.40. The zero-order valence-corrected chi connectivity index (χ0v) is 10.5. The highest BCUT2D eigenvalue weighted by Gasteiger charge is 2.15. The molecule has 0 aliphatic rings. The molecule has 0 heterocycles. The molecule has 0 aliphatic carbocycles. The Bertz CT molecular complexity index is 402. The highest BCUT2D eigenvalue weighted by molar-refractivity contribution is 5.50. The number of nitrogens with two attached hydrogens (primary N) is 1. The molecule has 4 nitrogen and oxygen atoms in total. The summed E-state index contributed by atoms with van der Waals surface area (Å²) in [6.07, 6.45) is -0.269. The van der Waals surface area contributed by atoms with Crippen LogP contribution in [0.2, 0.25) is 0 Å². The highest BCUT2D eigenvalue weighted by atomic mass is 19.1. The molecule has 0 aromatic heterocycles. The lowest BCUT2D eigenvalue weighted by Gasteiger charge is -2.23. The lowest BCUT2D eigenvalue weighted by atomic mass is 10.2. The van der Waals surface area contributed by atoms with Crippen molar-refractivity contribution in [1.82, 2.24) is 0 Å². The number of aliphatic hydroxyl groups is 1. The smallest absolute Gasteiger partial charge is 0.167 e. The van der Waals surface area contributed by atoms with Crippen LogP contribution in [0.5, 0.6) is 5.75 Å². The van der Waals surface area contributed by atoms with E-state index in [1.54, 1.807) is 7.05 Å². The predicted molar refractivity (Wildman–Crippen MR) is 65.9 cm³/mol. The van der Waals surface area contributed by atoms with Gasteiger partial charge in [0.15, 0.2) is 11.6 Å². The van der Waals surface area contributed by atoms with E-state index in [0.717, 1.165) is 12.1 Å². The number of benzene rings is 1. The normalized spacial score (nSPS) is 12.3. The van der Waals surface area contributed by atoms with Crippen molar-refractivity contribution in [2.24, 2.45) is 5.73 Å². The average molecular weight is 260 g/mol. The van der Waals surface area contributed by atoms with E-state index in [0.29, 0.717) is 13.0 Å². The molecular weight excluding hydrogens is 242 g/mol. The van der Waals surface area contributed by atoms with Crippen molar-refractivity contribution in [2.75, 3.05) is 32.1 Å². The number of ether oxygens (including phenoxy) is 1. The maximum Gasteiger partial charge on any atom is 0.167 e. The van der Waals surface area contributed by atoms with E-state index in [1.165, 1.54) is 12.0 Å². The average Bonchev–Trinajstić information content (AvgIpc) is 2.31. The van der Waals surface area contributed by atoms with Crippen LogP contribution in [0, 0.1) is 11.6 Å². The number of nitrogens with zero attached hydrogens (tertiary/aromatic N) is 1. The quantitative estimate of drug-likeness (QED) is 0.804. The Morgan fingerprint density at radius 3 is 2.61 bits per heavy atom. The van der Waals surface area contributed by atoms with Gasteiger partial charge in [-0.3, -0.25) is 0 Å². The molecule has 1 aromatic carbocycles. The summed E-state index contributed by atoms with van der Waals surface area (Å²) in [4.78, 5) is 1.44. The topological polar surface area (TPSA) is 58.7 Å². The fourth-order valence-electron chi connectivity index (χ4n) is 1.67. The molecule has 0 spiro atoms. The van der Waals surface area contributed by atoms with Crippen LogP contribution in [-0.2, 0) is 0 Å². The van der Waals surface area contributed by atoms with Gasteiger partial charge in [-0.05, 0) is 13.0 Å². The highest BCUT2D eigenvalue weighted by Crippen LogP contribution is 2.26. The first-order valence-electron chi connectivity index (χ1n) is 5.62. The molecule has 0 saturated carbocycles. The summed E-state index contributed by atoms with van der Waals surface area (Å²) in [5.41, 5.74) is 5.38. The molecule has 1 atom stereocenters. The number of hydrogen-bond donors (Lipinski definition) is 2. The third-order valence-corrected chi connectivity index (χ3v) is 2.62. The Balaban J connectivity index is 2.85. The van der Waals surface area contributed by atoms with E-state index in [-0.39, 0.29) is 18.0 Å². The van der Waals surface area contributed by atoms with Crippen molar-refractivity contribution in [3.05, 3.63) is 23.8 Å². The van der Waals surface area contributed by atoms with Crippen LogP contribution in [0.3, 0.4) is 0 Å². The SMILES string of the molecule is COc1cc(F)c(N(C)CC(O)CCN)cc1F. The Labute approximate surface area is 105 Å². The minimum absolute atomic E-state index is 0.0735. The standard InChI is InChI=1S/C12H18F2N2O2/c1-16(7-8(17)3-4-15)11-5-10(14)12(18-2)6-9(11)13/h5-6,8,17H,3-4,7,15H2,1-2H3. The van der Waals surface area contributed by atoms with E-state index in [1.807, 2.05) is 0 Å². The Kier molecular flexibility index (Phi) is 5.30. The fraction of sp³-hybridized carbons (Fsp3) is 0.500. The first-order valence-corrected chi connectivity index (χ1v) is 5.62. The third kappa shape index (κ3) is 3.54. The van der Waals surface area contributed by atoms with Crippen molar-refractivity contribution in [3.8, 4) is 5.75 Å². The molecule has 0 saturated heterocycles. The van der Waals surface area contributed by atoms with Crippen LogP contribution < -0.4 is 15.4 Å². The van der Waals surface area contributed by atoms with Gasteiger partial charge in [-0.1, -0.05) is 0 Å². The molecule has 6 heteroatoms. The van der Waals surface area contributed by atoms with Crippen LogP contribution in [0.1, 0.15) is 6.42 Å². The van der Waals surface area contributed by atoms with Crippen LogP contribution >= 0.6 is 0 Å². The zero-order chi connectivity index (χ0) is 13.7. The van der Waals surface area contributed by atoms with E-state index in [9.17, 15) is 13.9 Å². The molecule has 0 bridgehead atoms. The van der Waals surface area contributed by atoms with Gasteiger partial charge >= 0.3 is 0 Å². The molecule has 102 valence electrons. The number of hydrogen-bond acceptors (Lipinski definition) is 4. The van der Waals surface area contributed by atoms with Gasteiger partial charge < -0.3 is 20.5 Å². The van der Waals surface area contributed by atoms with Crippen LogP contribution in [-0.4, -0.2) is 38.5 Å². The number of halogens is 2. The van der Waals surface area contributed by atoms with E-state index >= 15 is 0 Å². The maximum atomic E-state index is 13.7. The predicted octanol–water partition coefficient (Wildman–Crippen LogP) is 1.12. The summed E-state index contributed by atoms with van der Waals surface area (Å²) >= 11 is 0. The van der Waals surface area contributed by atoms with Gasteiger partial charge in [-0.15, -0.1) is 0 Å². The summed E-state index contributed by atoms with van der Waals surface area (Å²) in [7, 11) is 2.84. The summed E-state index contributed by atoms with van der Waals surface area (Å²) in [6, 6.07) is 2.03. The molecule has 1 unspecified atom stereocenters. The lowest BCUT2D eigenvalue weighted by molar-refractivity contribution is 0.173. The second-order valence-electron chi connectivity index (χ2n) is 4.05. The minimum Gasteiger partial charge on any atom is -0.494 e. The van der Waals surface area contributed by atoms with Crippen molar-refractivity contribution < 1.29 is 18.6 Å². The number of methoxy groups -OCH3 is 1. The van der Waals surface area contributed by atoms with Gasteiger partial charge in [0.25, 0.3) is 0 Å². The van der Waals surface area contributed by atoms with Gasteiger partial charge in [0.1, 0.15) is 5.82 Å². The van der Waals surface area contributed by atoms with Crippen molar-refractivity contribution >= 4 is 5.69 Å². The minimum atomic E-state index is -0.676. The number of anilines is 1. The third-order valence-electron chi connectivity index (χ3n) is 2.62. The lowest BCUT2D eigenvalue weighted by Crippen LogP contribution is -2.31. The molecule has 0 aliphatic heterocycles. The van der Waals surface area contributed by atoms with Gasteiger partial charge in [0.2, 0.25) is 0 Å². The maximum absolute atomic E-state index is 13.7. The number of likely N-dealkylation sites (N-methyl/N-ethyl adjacent to an activating group) is 1. The Morgan fingerprint density at radius 2 is 2.06 bits per heavy atom. The zero-order valence-electron chi connectivity index (χ0n) is 10.5. The molecule has 0 amide bonds. The second kappa shape index (κ2) is 6.51. The van der Waals surface area contributed by atoms with E-state index < -0.39 is 17.7 Å². The summed E-state index contributed by atoms with van der Waals surface area (Å²) < 4.78 is 31.9. The van der Waals surface area contributed by atoms with Gasteiger partial charge in [0, 0.05) is 25.7 Å². The van der Waals surface area contributed by atoms with Crippen LogP contribution in [0.15, 0.2) is 12.1 Å². The number of aliphatic hydroxyl groups excluding tert-OH is 1. The first-order chi connectivity index (χ1) is 8.49. The fourth-order valence-corrected chi connectivity index (χ4v) is 1.67. The summed E-state index contributed by atoms with van der Waals surface area (Å²) in [5, 5.41) is 9.58. The first kappa shape index (κ1) is 14.7. The van der Waals surface area contributed by atoms with Gasteiger partial charge in [-0.25, -0.2) is 8.78 Å². The van der Waals surface area contributed by atoms with Crippen molar-refractivity contribution in [1.29, 1.82) is 0 Å². The second-order valence-corrected chi connectivity index (χ2v) is 4.05. The number of rotatable bonds is 6. The molecule has 3 N–H and O–H groups in total. The van der Waals surface area contributed by atoms with Gasteiger partial charge in [0.05, 0.1) is 18.9 Å². The largest absolute Gasteiger partial charge is 0.494 e. The van der Waals surface area contributed by atoms with E-state index in [4.69, 9.17) is 5.73 Å². The van der Waals surface area contributed by atoms with Crippen molar-refractivity contribution in [3.63, 3.8) is 0 Å². The Morgan fingerprint density at radius 1 is 1.39 bits per heavy atom. The molecule has 1 aromatic rings. The molecular formula is C12H18F2N2O2. The van der Waals surface area contributed by atoms with Gasteiger partial charge in [-0.2, -0.15) is 0 Å². The summed E-state index contributed by atoms with van der Waals surface area (Å²) in [5.74, 6) is -1.39. The summed E-state index contributed by atoms with van der Waals surface area (Å²) in [6.45, 7) is 0.522. The molecule has 1 rings (SSSR count). The van der Waals surface area contributed by atoms with Crippen LogP contribution in [0.4, 0.5) is 14.5 Å². The monoisotopic (exact) mass is 260 g/mol. The molecule has 18 heavy (non-hydrogen) atoms. The van der Waals surface area contributed by atoms with E-state index in [2.05, 4.69) is 4.74 Å².